The average Bonchev–Trinajstić information content (AvgIpc) is 3.38. The maximum atomic E-state index is 14.4. The molecule has 79 heavy (non-hydrogen) atoms. The average molecular weight is 1130 g/mol. The highest BCUT2D eigenvalue weighted by Gasteiger charge is 2.35. The molecule has 448 valence electrons. The molecule has 0 aromatic carbocycles. The molecule has 0 aromatic rings. The van der Waals surface area contributed by atoms with Gasteiger partial charge in [0, 0.05) is 81.8 Å². The molecule has 0 saturated heterocycles. The van der Waals surface area contributed by atoms with Gasteiger partial charge in [0.1, 0.15) is 6.04 Å². The van der Waals surface area contributed by atoms with Gasteiger partial charge in [-0.3, -0.25) is 67.7 Å². The summed E-state index contributed by atoms with van der Waals surface area (Å²) in [7, 11) is 1.44. The third-order valence-electron chi connectivity index (χ3n) is 12.7. The summed E-state index contributed by atoms with van der Waals surface area (Å²) in [5.41, 5.74) is 38.6. The van der Waals surface area contributed by atoms with E-state index in [-0.39, 0.29) is 102 Å². The highest BCUT2D eigenvalue weighted by molar-refractivity contribution is 5.98. The molecule has 0 fully saturated rings. The van der Waals surface area contributed by atoms with Gasteiger partial charge in [-0.1, -0.05) is 20.3 Å². The molecule has 23 N–H and O–H groups in total. The number of unbranched alkanes of at least 4 members (excludes halogenated alkanes) is 1. The van der Waals surface area contributed by atoms with Gasteiger partial charge in [0.05, 0.1) is 43.8 Å². The van der Waals surface area contributed by atoms with Crippen molar-refractivity contribution in [2.45, 2.75) is 153 Å². The Morgan fingerprint density at radius 3 is 1.20 bits per heavy atom. The molecular weight excluding hydrogens is 1040 g/mol. The van der Waals surface area contributed by atoms with Crippen LogP contribution in [0.1, 0.15) is 123 Å². The number of aliphatic hydroxyl groups is 2. The van der Waals surface area contributed by atoms with Crippen LogP contribution in [0, 0.1) is 23.7 Å². The lowest BCUT2D eigenvalue weighted by Gasteiger charge is -2.26. The van der Waals surface area contributed by atoms with Gasteiger partial charge in [0.2, 0.25) is 23.6 Å². The summed E-state index contributed by atoms with van der Waals surface area (Å²) in [6.07, 6.45) is -2.82. The molecule has 30 nitrogen and oxygen atoms in total. The van der Waals surface area contributed by atoms with Crippen molar-refractivity contribution >= 4 is 82.4 Å². The third kappa shape index (κ3) is 31.1. The van der Waals surface area contributed by atoms with Crippen molar-refractivity contribution in [2.24, 2.45) is 78.8 Å². The van der Waals surface area contributed by atoms with Crippen LogP contribution >= 0.6 is 0 Å². The predicted molar refractivity (Wildman–Crippen MR) is 290 cm³/mol. The molecule has 0 saturated carbocycles. The molecular formula is C49H87N15O15. The molecule has 0 aliphatic rings. The van der Waals surface area contributed by atoms with E-state index in [4.69, 9.17) is 40.1 Å². The van der Waals surface area contributed by atoms with Crippen LogP contribution in [0.4, 0.5) is 0 Å². The number of guanidine groups is 3. The van der Waals surface area contributed by atoms with Crippen molar-refractivity contribution in [1.29, 1.82) is 0 Å². The largest absolute Gasteiger partial charge is 0.481 e. The lowest BCUT2D eigenvalue weighted by atomic mass is 9.88. The number of carbonyl (C=O) groups excluding carboxylic acids is 9. The standard InChI is InChI=1S/C49H87N15O15/c1-4-36(67)33(24-42(74)75)63-43(76)27(2)20-37(68)35(26-66)64-46(79)29(11-7-17-58-47(51)52)22-38(69)31(13-9-19-60-49(55)56)61-44(77)28(10-5-6-16-50)21-39(70)32(14-15-41(72)73)62-45(78)30(12-8-18-59-48(53)54)23-40(71)34(25-65)57-3/h27-35,57,65-66H,4-26,50H2,1-3H3,(H,61,77)(H,62,78)(H,63,76)(H,64,79)(H,72,73)(H,74,75)(H4,51,52,58)(H4,53,54,59)(H4,55,56,60)/t27-,28-,29+,30-,31+,32+,33+,34+,35+/m1/s1. The summed E-state index contributed by atoms with van der Waals surface area (Å²) in [5, 5.41) is 51.5. The number of nitrogens with two attached hydrogens (primary N) is 7. The second-order valence-corrected chi connectivity index (χ2v) is 19.1. The van der Waals surface area contributed by atoms with E-state index in [1.165, 1.54) is 20.9 Å². The van der Waals surface area contributed by atoms with Crippen molar-refractivity contribution < 1.29 is 73.2 Å². The highest BCUT2D eigenvalue weighted by atomic mass is 16.4. The lowest BCUT2D eigenvalue weighted by Crippen LogP contribution is -2.49. The number of carboxylic acid groups (broad SMARTS) is 2. The Kier molecular flexibility index (Phi) is 36.4. The molecule has 0 bridgehead atoms. The molecule has 0 aliphatic heterocycles. The summed E-state index contributed by atoms with van der Waals surface area (Å²) in [4.78, 5) is 158. The van der Waals surface area contributed by atoms with Crippen molar-refractivity contribution in [2.75, 3.05) is 46.4 Å². The van der Waals surface area contributed by atoms with Gasteiger partial charge >= 0.3 is 11.9 Å². The number of nitrogens with one attached hydrogen (secondary N) is 5. The Bertz CT molecular complexity index is 2110. The fourth-order valence-electron chi connectivity index (χ4n) is 8.13. The first-order chi connectivity index (χ1) is 37.2. The molecule has 9 atom stereocenters. The number of ketones is 5. The van der Waals surface area contributed by atoms with Gasteiger partial charge in [0.15, 0.2) is 46.8 Å². The van der Waals surface area contributed by atoms with Gasteiger partial charge in [-0.05, 0) is 71.4 Å². The number of aliphatic carboxylic acids is 2. The fraction of sp³-hybridized carbons (Fsp3) is 0.714. The summed E-state index contributed by atoms with van der Waals surface area (Å²) in [6, 6.07) is -6.81. The van der Waals surface area contributed by atoms with Crippen LogP contribution in [0.2, 0.25) is 0 Å². The van der Waals surface area contributed by atoms with Gasteiger partial charge in [-0.25, -0.2) is 0 Å². The van der Waals surface area contributed by atoms with Crippen molar-refractivity contribution in [3.05, 3.63) is 0 Å². The van der Waals surface area contributed by atoms with E-state index < -0.39 is 170 Å². The number of rotatable bonds is 46. The minimum absolute atomic E-state index is 0.00250. The van der Waals surface area contributed by atoms with Crippen molar-refractivity contribution in [3.63, 3.8) is 0 Å². The molecule has 0 aromatic heterocycles. The third-order valence-corrected chi connectivity index (χ3v) is 12.7. The van der Waals surface area contributed by atoms with Crippen molar-refractivity contribution in [1.82, 2.24) is 26.6 Å². The first kappa shape index (κ1) is 71.8. The first-order valence-electron chi connectivity index (χ1n) is 26.3. The monoisotopic (exact) mass is 1130 g/mol. The minimum atomic E-state index is -1.60. The van der Waals surface area contributed by atoms with Crippen LogP contribution in [0.15, 0.2) is 15.0 Å². The number of hydrogen-bond donors (Lipinski definition) is 16. The van der Waals surface area contributed by atoms with Crippen molar-refractivity contribution in [3.8, 4) is 0 Å². The number of aliphatic imine (C=N–C) groups is 3. The zero-order valence-corrected chi connectivity index (χ0v) is 45.6. The van der Waals surface area contributed by atoms with E-state index >= 15 is 0 Å². The second-order valence-electron chi connectivity index (χ2n) is 19.1. The second kappa shape index (κ2) is 40.1. The van der Waals surface area contributed by atoms with Gasteiger partial charge in [0.25, 0.3) is 0 Å². The molecule has 30 heteroatoms. The van der Waals surface area contributed by atoms with Crippen LogP contribution in [0.5, 0.6) is 0 Å². The Balaban J connectivity index is 6.97. The number of carboxylic acids is 2. The van der Waals surface area contributed by atoms with Gasteiger partial charge in [-0.15, -0.1) is 0 Å². The van der Waals surface area contributed by atoms with Crippen LogP contribution in [0.25, 0.3) is 0 Å². The zero-order valence-electron chi connectivity index (χ0n) is 45.6. The molecule has 0 rings (SSSR count). The molecule has 0 radical (unpaired) electrons. The highest BCUT2D eigenvalue weighted by Crippen LogP contribution is 2.22. The van der Waals surface area contributed by atoms with Gasteiger partial charge < -0.3 is 87.1 Å². The van der Waals surface area contributed by atoms with Gasteiger partial charge in [-0.2, -0.15) is 0 Å². The van der Waals surface area contributed by atoms with Crippen LogP contribution in [-0.2, 0) is 52.7 Å². The number of likely N-dealkylation sites (N-methyl/N-ethyl adjacent to an activating group) is 1. The number of aliphatic hydroxyl groups excluding tert-OH is 2. The zero-order chi connectivity index (χ0) is 60.2. The number of nitrogens with zero attached hydrogens (tertiary/aromatic N) is 3. The normalized spacial score (nSPS) is 14.4. The molecule has 0 spiro atoms. The number of Topliss-reactive ketones (excluding diaryl/α,β-unsaturated/α-hetero) is 5. The number of carbonyl (C=O) groups is 11. The van der Waals surface area contributed by atoms with Crippen LogP contribution in [0.3, 0.4) is 0 Å². The van der Waals surface area contributed by atoms with E-state index in [2.05, 4.69) is 41.6 Å². The Hall–Kier alpha value is -7.18. The Labute approximate surface area is 459 Å². The summed E-state index contributed by atoms with van der Waals surface area (Å²) in [6.45, 7) is 1.58. The predicted octanol–water partition coefficient (Wildman–Crippen LogP) is -4.57. The maximum absolute atomic E-state index is 14.4. The molecule has 0 aliphatic carbocycles. The Morgan fingerprint density at radius 2 is 0.823 bits per heavy atom. The molecule has 0 heterocycles. The minimum Gasteiger partial charge on any atom is -0.481 e. The first-order valence-corrected chi connectivity index (χ1v) is 26.3. The Morgan fingerprint density at radius 1 is 0.443 bits per heavy atom. The summed E-state index contributed by atoms with van der Waals surface area (Å²) >= 11 is 0. The smallest absolute Gasteiger partial charge is 0.305 e. The summed E-state index contributed by atoms with van der Waals surface area (Å²) in [5.74, 6) is -14.7. The van der Waals surface area contributed by atoms with E-state index in [9.17, 15) is 73.2 Å². The van der Waals surface area contributed by atoms with Crippen LogP contribution < -0.4 is 66.7 Å². The SMILES string of the molecule is CCC(=O)[C@H](CC(=O)O)NC(=O)[C@H](C)CC(=O)[C@H](CO)NC(=O)[C@@H](CCCN=C(N)N)CC(=O)[C@H](CCCN=C(N)N)NC(=O)[C@H](CCCCN)CC(=O)[C@H](CCC(=O)O)NC(=O)[C@H](CCCN=C(N)N)CC(=O)[C@H](CO)NC. The molecule has 0 unspecified atom stereocenters. The topological polar surface area (TPSA) is 548 Å². The van der Waals surface area contributed by atoms with E-state index in [1.807, 2.05) is 0 Å². The lowest BCUT2D eigenvalue weighted by molar-refractivity contribution is -0.141. The van der Waals surface area contributed by atoms with E-state index in [1.54, 1.807) is 0 Å². The van der Waals surface area contributed by atoms with E-state index in [0.717, 1.165) is 0 Å². The quantitative estimate of drug-likeness (QED) is 0.0155. The number of amides is 4. The molecule has 4 amide bonds. The van der Waals surface area contributed by atoms with Crippen LogP contribution in [-0.4, -0.2) is 179 Å². The number of hydrogen-bond acceptors (Lipinski definition) is 18. The fourth-order valence-corrected chi connectivity index (χ4v) is 8.13. The van der Waals surface area contributed by atoms with E-state index in [0.29, 0.717) is 12.8 Å². The summed E-state index contributed by atoms with van der Waals surface area (Å²) < 4.78 is 0. The maximum Gasteiger partial charge on any atom is 0.305 e.